The Morgan fingerprint density at radius 1 is 1.23 bits per heavy atom. The predicted octanol–water partition coefficient (Wildman–Crippen LogP) is 1.93. The van der Waals surface area contributed by atoms with E-state index in [-0.39, 0.29) is 21.4 Å². The maximum atomic E-state index is 12.2. The first kappa shape index (κ1) is 16.5. The molecule has 0 aliphatic carbocycles. The molecule has 6 nitrogen and oxygen atoms in total. The number of anilines is 1. The summed E-state index contributed by atoms with van der Waals surface area (Å²) < 4.78 is 32.0. The fourth-order valence-electron chi connectivity index (χ4n) is 1.74. The van der Waals surface area contributed by atoms with Gasteiger partial charge in [-0.3, -0.25) is 9.52 Å². The number of sulfonamides is 1. The van der Waals surface area contributed by atoms with Gasteiger partial charge in [0.25, 0.3) is 15.9 Å². The number of para-hydroxylation sites is 1. The normalized spacial score (nSPS) is 11.1. The third kappa shape index (κ3) is 4.06. The van der Waals surface area contributed by atoms with Gasteiger partial charge in [0.15, 0.2) is 0 Å². The largest absolute Gasteiger partial charge is 0.383 e. The van der Waals surface area contributed by atoms with Gasteiger partial charge in [0.1, 0.15) is 4.21 Å². The van der Waals surface area contributed by atoms with Crippen LogP contribution in [0.4, 0.5) is 5.69 Å². The SMILES string of the molecule is COCCNC(=O)c1ccccc1NS(=O)(=O)c1cccs1. The van der Waals surface area contributed by atoms with Gasteiger partial charge in [-0.15, -0.1) is 11.3 Å². The summed E-state index contributed by atoms with van der Waals surface area (Å²) in [5, 5.41) is 4.34. The molecule has 0 aliphatic heterocycles. The van der Waals surface area contributed by atoms with Crippen molar-refractivity contribution in [2.24, 2.45) is 0 Å². The summed E-state index contributed by atoms with van der Waals surface area (Å²) in [7, 11) is -2.15. The van der Waals surface area contributed by atoms with Crippen LogP contribution in [-0.2, 0) is 14.8 Å². The van der Waals surface area contributed by atoms with Crippen LogP contribution in [0.15, 0.2) is 46.0 Å². The number of methoxy groups -OCH3 is 1. The van der Waals surface area contributed by atoms with Crippen LogP contribution >= 0.6 is 11.3 Å². The zero-order valence-electron chi connectivity index (χ0n) is 11.9. The fraction of sp³-hybridized carbons (Fsp3) is 0.214. The summed E-state index contributed by atoms with van der Waals surface area (Å²) in [5.41, 5.74) is 0.504. The molecule has 1 aromatic heterocycles. The van der Waals surface area contributed by atoms with Crippen LogP contribution in [0.25, 0.3) is 0 Å². The minimum Gasteiger partial charge on any atom is -0.383 e. The highest BCUT2D eigenvalue weighted by molar-refractivity contribution is 7.94. The van der Waals surface area contributed by atoms with Crippen molar-refractivity contribution in [2.75, 3.05) is 25.0 Å². The summed E-state index contributed by atoms with van der Waals surface area (Å²) in [6.45, 7) is 0.732. The smallest absolute Gasteiger partial charge is 0.271 e. The Bertz CT molecular complexity index is 727. The van der Waals surface area contributed by atoms with Crippen molar-refractivity contribution in [1.82, 2.24) is 5.32 Å². The van der Waals surface area contributed by atoms with Gasteiger partial charge >= 0.3 is 0 Å². The van der Waals surface area contributed by atoms with Gasteiger partial charge < -0.3 is 10.1 Å². The Balaban J connectivity index is 2.20. The van der Waals surface area contributed by atoms with E-state index in [0.29, 0.717) is 13.2 Å². The molecule has 1 heterocycles. The van der Waals surface area contributed by atoms with Gasteiger partial charge in [-0.05, 0) is 23.6 Å². The molecule has 1 amide bonds. The number of amides is 1. The molecule has 0 radical (unpaired) electrons. The number of thiophene rings is 1. The van der Waals surface area contributed by atoms with E-state index in [0.717, 1.165) is 11.3 Å². The van der Waals surface area contributed by atoms with Crippen molar-refractivity contribution in [3.05, 3.63) is 47.3 Å². The highest BCUT2D eigenvalue weighted by atomic mass is 32.2. The third-order valence-corrected chi connectivity index (χ3v) is 5.53. The molecular weight excluding hydrogens is 324 g/mol. The first-order valence-corrected chi connectivity index (χ1v) is 8.83. The maximum Gasteiger partial charge on any atom is 0.271 e. The average Bonchev–Trinajstić information content (AvgIpc) is 3.02. The molecule has 118 valence electrons. The van der Waals surface area contributed by atoms with Crippen molar-refractivity contribution >= 4 is 33.0 Å². The van der Waals surface area contributed by atoms with E-state index in [1.54, 1.807) is 35.7 Å². The van der Waals surface area contributed by atoms with Crippen LogP contribution in [0.1, 0.15) is 10.4 Å². The van der Waals surface area contributed by atoms with Gasteiger partial charge in [-0.1, -0.05) is 18.2 Å². The van der Waals surface area contributed by atoms with Crippen molar-refractivity contribution in [1.29, 1.82) is 0 Å². The molecule has 0 bridgehead atoms. The molecule has 22 heavy (non-hydrogen) atoms. The fourth-order valence-corrected chi connectivity index (χ4v) is 3.82. The van der Waals surface area contributed by atoms with E-state index < -0.39 is 10.0 Å². The van der Waals surface area contributed by atoms with Crippen molar-refractivity contribution in [3.63, 3.8) is 0 Å². The Hall–Kier alpha value is -1.90. The highest BCUT2D eigenvalue weighted by Crippen LogP contribution is 2.22. The minimum atomic E-state index is -3.69. The Morgan fingerprint density at radius 2 is 2.00 bits per heavy atom. The zero-order chi connectivity index (χ0) is 16.0. The third-order valence-electron chi connectivity index (χ3n) is 2.77. The zero-order valence-corrected chi connectivity index (χ0v) is 13.5. The molecule has 0 fully saturated rings. The number of benzene rings is 1. The Kier molecular flexibility index (Phi) is 5.53. The van der Waals surface area contributed by atoms with Crippen LogP contribution in [0.5, 0.6) is 0 Å². The molecule has 0 spiro atoms. The van der Waals surface area contributed by atoms with E-state index in [9.17, 15) is 13.2 Å². The number of nitrogens with one attached hydrogen (secondary N) is 2. The number of ether oxygens (including phenoxy) is 1. The molecule has 0 saturated heterocycles. The molecule has 2 rings (SSSR count). The quantitative estimate of drug-likeness (QED) is 0.754. The molecule has 0 saturated carbocycles. The first-order chi connectivity index (χ1) is 10.5. The average molecular weight is 340 g/mol. The van der Waals surface area contributed by atoms with Crippen LogP contribution in [0, 0.1) is 0 Å². The van der Waals surface area contributed by atoms with E-state index in [1.165, 1.54) is 13.2 Å². The number of hydrogen-bond donors (Lipinski definition) is 2. The van der Waals surface area contributed by atoms with E-state index >= 15 is 0 Å². The molecule has 2 aromatic rings. The lowest BCUT2D eigenvalue weighted by molar-refractivity contribution is 0.0938. The molecule has 0 aliphatic rings. The Labute approximate surface area is 133 Å². The first-order valence-electron chi connectivity index (χ1n) is 6.47. The lowest BCUT2D eigenvalue weighted by Gasteiger charge is -2.11. The second-order valence-electron chi connectivity index (χ2n) is 4.33. The van der Waals surface area contributed by atoms with E-state index in [4.69, 9.17) is 4.74 Å². The summed E-state index contributed by atoms with van der Waals surface area (Å²) >= 11 is 1.11. The topological polar surface area (TPSA) is 84.5 Å². The molecule has 0 atom stereocenters. The standard InChI is InChI=1S/C14H16N2O4S2/c1-20-9-8-15-14(17)11-5-2-3-6-12(11)16-22(18,19)13-7-4-10-21-13/h2-7,10,16H,8-9H2,1H3,(H,15,17). The second kappa shape index (κ2) is 7.39. The van der Waals surface area contributed by atoms with E-state index in [1.807, 2.05) is 0 Å². The summed E-state index contributed by atoms with van der Waals surface area (Å²) in [5.74, 6) is -0.360. The molecule has 2 N–H and O–H groups in total. The van der Waals surface area contributed by atoms with Gasteiger partial charge in [0.2, 0.25) is 0 Å². The summed E-state index contributed by atoms with van der Waals surface area (Å²) in [6, 6.07) is 9.62. The Morgan fingerprint density at radius 3 is 2.68 bits per heavy atom. The van der Waals surface area contributed by atoms with Crippen LogP contribution < -0.4 is 10.0 Å². The van der Waals surface area contributed by atoms with Crippen molar-refractivity contribution < 1.29 is 17.9 Å². The second-order valence-corrected chi connectivity index (χ2v) is 7.19. The van der Waals surface area contributed by atoms with Gasteiger partial charge in [-0.2, -0.15) is 0 Å². The van der Waals surface area contributed by atoms with E-state index in [2.05, 4.69) is 10.0 Å². The number of rotatable bonds is 7. The lowest BCUT2D eigenvalue weighted by atomic mass is 10.2. The summed E-state index contributed by atoms with van der Waals surface area (Å²) in [4.78, 5) is 12.1. The van der Waals surface area contributed by atoms with Crippen LogP contribution in [0.2, 0.25) is 0 Å². The van der Waals surface area contributed by atoms with Crippen molar-refractivity contribution in [3.8, 4) is 0 Å². The molecule has 8 heteroatoms. The van der Waals surface area contributed by atoms with Gasteiger partial charge in [-0.25, -0.2) is 8.42 Å². The number of hydrogen-bond acceptors (Lipinski definition) is 5. The highest BCUT2D eigenvalue weighted by Gasteiger charge is 2.19. The minimum absolute atomic E-state index is 0.196. The number of carbonyl (C=O) groups is 1. The monoisotopic (exact) mass is 340 g/mol. The van der Waals surface area contributed by atoms with Gasteiger partial charge in [0, 0.05) is 13.7 Å². The maximum absolute atomic E-state index is 12.2. The van der Waals surface area contributed by atoms with Crippen LogP contribution in [-0.4, -0.2) is 34.6 Å². The van der Waals surface area contributed by atoms with Gasteiger partial charge in [0.05, 0.1) is 17.9 Å². The lowest BCUT2D eigenvalue weighted by Crippen LogP contribution is -2.28. The van der Waals surface area contributed by atoms with Crippen LogP contribution in [0.3, 0.4) is 0 Å². The van der Waals surface area contributed by atoms with Crippen molar-refractivity contribution in [2.45, 2.75) is 4.21 Å². The predicted molar refractivity (Wildman–Crippen MR) is 85.8 cm³/mol. The summed E-state index contributed by atoms with van der Waals surface area (Å²) in [6.07, 6.45) is 0. The molecular formula is C14H16N2O4S2. The molecule has 0 unspecified atom stereocenters. The number of carbonyl (C=O) groups excluding carboxylic acids is 1. The molecule has 1 aromatic carbocycles.